The van der Waals surface area contributed by atoms with Crippen molar-refractivity contribution in [1.82, 2.24) is 19.8 Å². The van der Waals surface area contributed by atoms with Crippen molar-refractivity contribution in [3.63, 3.8) is 0 Å². The van der Waals surface area contributed by atoms with Crippen LogP contribution in [0.15, 0.2) is 65.3 Å². The Balaban J connectivity index is 1.14. The van der Waals surface area contributed by atoms with Gasteiger partial charge in [-0.1, -0.05) is 48.2 Å². The van der Waals surface area contributed by atoms with Crippen molar-refractivity contribution in [1.29, 1.82) is 0 Å². The Hall–Kier alpha value is -2.91. The van der Waals surface area contributed by atoms with Crippen molar-refractivity contribution in [2.45, 2.75) is 43.1 Å². The van der Waals surface area contributed by atoms with E-state index >= 15 is 0 Å². The minimum atomic E-state index is -0.260. The van der Waals surface area contributed by atoms with Crippen molar-refractivity contribution < 1.29 is 14.3 Å². The first-order valence-corrected chi connectivity index (χ1v) is 13.3. The van der Waals surface area contributed by atoms with Crippen molar-refractivity contribution in [3.8, 4) is 10.6 Å². The van der Waals surface area contributed by atoms with Gasteiger partial charge in [0.15, 0.2) is 5.16 Å². The maximum absolute atomic E-state index is 12.8. The summed E-state index contributed by atoms with van der Waals surface area (Å²) in [6.07, 6.45) is 2.72. The van der Waals surface area contributed by atoms with Gasteiger partial charge < -0.3 is 9.64 Å². The molecule has 2 aliphatic rings. The van der Waals surface area contributed by atoms with Crippen LogP contribution in [-0.2, 0) is 9.53 Å². The maximum atomic E-state index is 12.8. The zero-order valence-corrected chi connectivity index (χ0v) is 20.5. The Morgan fingerprint density at radius 3 is 2.68 bits per heavy atom. The van der Waals surface area contributed by atoms with E-state index in [2.05, 4.69) is 9.97 Å². The zero-order chi connectivity index (χ0) is 23.5. The smallest absolute Gasteiger partial charge is 0.411 e. The van der Waals surface area contributed by atoms with Gasteiger partial charge in [0.1, 0.15) is 6.10 Å². The van der Waals surface area contributed by atoms with Crippen LogP contribution in [0.25, 0.3) is 10.6 Å². The highest BCUT2D eigenvalue weighted by Crippen LogP contribution is 2.36. The van der Waals surface area contributed by atoms with Crippen molar-refractivity contribution in [2.75, 3.05) is 18.8 Å². The normalized spacial score (nSPS) is 21.0. The average Bonchev–Trinajstić information content (AvgIpc) is 3.52. The van der Waals surface area contributed by atoms with Crippen LogP contribution in [0.3, 0.4) is 0 Å². The summed E-state index contributed by atoms with van der Waals surface area (Å²) in [5, 5.41) is 2.62. The molecule has 1 aromatic carbocycles. The van der Waals surface area contributed by atoms with E-state index in [4.69, 9.17) is 4.74 Å². The van der Waals surface area contributed by atoms with Gasteiger partial charge in [0.05, 0.1) is 22.4 Å². The summed E-state index contributed by atoms with van der Waals surface area (Å²) in [7, 11) is 0. The van der Waals surface area contributed by atoms with E-state index in [0.29, 0.717) is 24.0 Å². The van der Waals surface area contributed by atoms with E-state index in [1.165, 1.54) is 11.8 Å². The van der Waals surface area contributed by atoms with Crippen molar-refractivity contribution >= 4 is 35.1 Å². The number of thioether (sulfide) groups is 1. The van der Waals surface area contributed by atoms with Gasteiger partial charge in [0, 0.05) is 25.3 Å². The molecule has 9 heteroatoms. The molecule has 34 heavy (non-hydrogen) atoms. The van der Waals surface area contributed by atoms with Crippen LogP contribution >= 0.6 is 23.1 Å². The second kappa shape index (κ2) is 10.1. The summed E-state index contributed by atoms with van der Waals surface area (Å²) in [6, 6.07) is 15.8. The molecular weight excluding hydrogens is 468 g/mol. The standard InChI is InChI=1S/C25H26N4O3S2/c1-17-23(18-6-3-2-4-7-18)32-25(31)29(17)19-10-13-28(14-11-19)22(30)16-34-24-26-12-9-20(27-24)21-8-5-15-33-21/h2-9,12,15,17,19,23H,10-11,13-14,16H2,1H3/t17-,23-/m1/s1. The molecule has 0 unspecified atom stereocenters. The van der Waals surface area contributed by atoms with Crippen LogP contribution in [0.1, 0.15) is 31.4 Å². The first kappa shape index (κ1) is 22.9. The number of carbonyl (C=O) groups excluding carboxylic acids is 2. The van der Waals surface area contributed by atoms with Gasteiger partial charge in [0.25, 0.3) is 0 Å². The molecule has 0 spiro atoms. The predicted molar refractivity (Wildman–Crippen MR) is 133 cm³/mol. The van der Waals surface area contributed by atoms with Crippen LogP contribution < -0.4 is 0 Å². The van der Waals surface area contributed by atoms with E-state index in [0.717, 1.165) is 29.0 Å². The molecule has 176 valence electrons. The van der Waals surface area contributed by atoms with Gasteiger partial charge in [-0.05, 0) is 42.8 Å². The van der Waals surface area contributed by atoms with Crippen molar-refractivity contribution in [3.05, 3.63) is 65.7 Å². The fourth-order valence-electron chi connectivity index (χ4n) is 4.63. The van der Waals surface area contributed by atoms with E-state index in [1.807, 2.05) is 70.6 Å². The average molecular weight is 495 g/mol. The van der Waals surface area contributed by atoms with E-state index in [-0.39, 0.29) is 30.2 Å². The van der Waals surface area contributed by atoms with Gasteiger partial charge in [-0.3, -0.25) is 9.69 Å². The van der Waals surface area contributed by atoms with E-state index < -0.39 is 0 Å². The topological polar surface area (TPSA) is 75.6 Å². The lowest BCUT2D eigenvalue weighted by atomic mass is 9.98. The Bertz CT molecular complexity index is 1130. The largest absolute Gasteiger partial charge is 0.439 e. The molecule has 0 saturated carbocycles. The predicted octanol–water partition coefficient (Wildman–Crippen LogP) is 4.87. The number of hydrogen-bond acceptors (Lipinski definition) is 7. The third-order valence-corrected chi connectivity index (χ3v) is 8.12. The lowest BCUT2D eigenvalue weighted by molar-refractivity contribution is -0.129. The van der Waals surface area contributed by atoms with Crippen LogP contribution in [0, 0.1) is 0 Å². The number of piperidine rings is 1. The highest BCUT2D eigenvalue weighted by molar-refractivity contribution is 7.99. The lowest BCUT2D eigenvalue weighted by Gasteiger charge is -2.37. The fraction of sp³-hybridized carbons (Fsp3) is 0.360. The Morgan fingerprint density at radius 1 is 1.15 bits per heavy atom. The number of cyclic esters (lactones) is 1. The van der Waals surface area contributed by atoms with E-state index in [1.54, 1.807) is 17.5 Å². The van der Waals surface area contributed by atoms with Crippen LogP contribution in [0.2, 0.25) is 0 Å². The molecule has 0 radical (unpaired) electrons. The molecule has 2 amide bonds. The van der Waals surface area contributed by atoms with Gasteiger partial charge in [-0.25, -0.2) is 14.8 Å². The number of thiophene rings is 1. The first-order chi connectivity index (χ1) is 16.6. The minimum Gasteiger partial charge on any atom is -0.439 e. The Morgan fingerprint density at radius 2 is 1.94 bits per heavy atom. The second-order valence-electron chi connectivity index (χ2n) is 8.47. The number of carbonyl (C=O) groups is 2. The molecule has 2 saturated heterocycles. The number of likely N-dealkylation sites (tertiary alicyclic amines) is 1. The molecule has 0 bridgehead atoms. The monoisotopic (exact) mass is 494 g/mol. The number of ether oxygens (including phenoxy) is 1. The number of nitrogens with zero attached hydrogens (tertiary/aromatic N) is 4. The highest BCUT2D eigenvalue weighted by atomic mass is 32.2. The summed E-state index contributed by atoms with van der Waals surface area (Å²) in [5.74, 6) is 0.379. The molecular formula is C25H26N4O3S2. The van der Waals surface area contributed by atoms with Crippen molar-refractivity contribution in [2.24, 2.45) is 0 Å². The van der Waals surface area contributed by atoms with Gasteiger partial charge in [-0.2, -0.15) is 0 Å². The molecule has 4 heterocycles. The molecule has 2 aromatic heterocycles. The number of aromatic nitrogens is 2. The van der Waals surface area contributed by atoms with Gasteiger partial charge in [-0.15, -0.1) is 11.3 Å². The molecule has 2 fully saturated rings. The third kappa shape index (κ3) is 4.81. The van der Waals surface area contributed by atoms with Crippen LogP contribution in [0.4, 0.5) is 4.79 Å². The molecule has 0 N–H and O–H groups in total. The third-order valence-electron chi connectivity index (χ3n) is 6.39. The molecule has 2 atom stereocenters. The van der Waals surface area contributed by atoms with Crippen LogP contribution in [-0.4, -0.2) is 62.7 Å². The first-order valence-electron chi connectivity index (χ1n) is 11.4. The summed E-state index contributed by atoms with van der Waals surface area (Å²) >= 11 is 2.99. The highest BCUT2D eigenvalue weighted by Gasteiger charge is 2.44. The van der Waals surface area contributed by atoms with Gasteiger partial charge in [0.2, 0.25) is 5.91 Å². The number of rotatable bonds is 6. The number of amides is 2. The molecule has 7 nitrogen and oxygen atoms in total. The Labute approximate surface area is 207 Å². The fourth-order valence-corrected chi connectivity index (χ4v) is 6.06. The molecule has 5 rings (SSSR count). The summed E-state index contributed by atoms with van der Waals surface area (Å²) in [4.78, 5) is 39.2. The number of hydrogen-bond donors (Lipinski definition) is 0. The summed E-state index contributed by atoms with van der Waals surface area (Å²) < 4.78 is 5.71. The number of benzene rings is 1. The quantitative estimate of drug-likeness (QED) is 0.360. The summed E-state index contributed by atoms with van der Waals surface area (Å²) in [5.41, 5.74) is 1.89. The molecule has 0 aliphatic carbocycles. The Kier molecular flexibility index (Phi) is 6.82. The zero-order valence-electron chi connectivity index (χ0n) is 18.9. The lowest BCUT2D eigenvalue weighted by Crippen LogP contribution is -2.49. The second-order valence-corrected chi connectivity index (χ2v) is 10.4. The SMILES string of the molecule is C[C@@H]1[C@H](c2ccccc2)OC(=O)N1C1CCN(C(=O)CSc2nccc(-c3cccs3)n2)CC1. The summed E-state index contributed by atoms with van der Waals surface area (Å²) in [6.45, 7) is 3.31. The maximum Gasteiger partial charge on any atom is 0.411 e. The van der Waals surface area contributed by atoms with Gasteiger partial charge >= 0.3 is 6.09 Å². The molecule has 2 aliphatic heterocycles. The van der Waals surface area contributed by atoms with E-state index in [9.17, 15) is 9.59 Å². The molecule has 3 aromatic rings. The minimum absolute atomic E-state index is 0.0366. The van der Waals surface area contributed by atoms with Crippen LogP contribution in [0.5, 0.6) is 0 Å².